The molecule has 12 heavy (non-hydrogen) atoms. The van der Waals surface area contributed by atoms with Crippen LogP contribution in [0.25, 0.3) is 0 Å². The standard InChI is InChI=1S/C8H10O2PS/c1-2-12-11(9)10-8-6-4-3-5-7-8/h3-7H,2H2,1H3/q+1. The minimum absolute atomic E-state index is 0.666. The second kappa shape index (κ2) is 5.18. The van der Waals surface area contributed by atoms with E-state index in [0.29, 0.717) is 5.75 Å². The number of benzene rings is 1. The van der Waals surface area contributed by atoms with Gasteiger partial charge in [0.05, 0.1) is 0 Å². The molecule has 0 saturated carbocycles. The van der Waals surface area contributed by atoms with Crippen molar-refractivity contribution in [3.63, 3.8) is 0 Å². The van der Waals surface area contributed by atoms with Crippen LogP contribution in [-0.2, 0) is 4.57 Å². The second-order valence-corrected chi connectivity index (χ2v) is 5.18. The Bertz CT molecular complexity index is 250. The molecule has 64 valence electrons. The summed E-state index contributed by atoms with van der Waals surface area (Å²) in [5.41, 5.74) is 0. The van der Waals surface area contributed by atoms with Gasteiger partial charge in [0.25, 0.3) is 0 Å². The van der Waals surface area contributed by atoms with Crippen LogP contribution in [-0.4, -0.2) is 5.75 Å². The third kappa shape index (κ3) is 3.24. The highest BCUT2D eigenvalue weighted by molar-refractivity contribution is 8.50. The normalized spacial score (nSPS) is 10.9. The van der Waals surface area contributed by atoms with Gasteiger partial charge in [-0.3, -0.25) is 0 Å². The van der Waals surface area contributed by atoms with Gasteiger partial charge in [-0.05, 0) is 16.7 Å². The van der Waals surface area contributed by atoms with Crippen LogP contribution >= 0.6 is 18.6 Å². The first-order chi connectivity index (χ1) is 5.83. The first-order valence-corrected chi connectivity index (χ1v) is 6.43. The molecule has 0 saturated heterocycles. The van der Waals surface area contributed by atoms with Gasteiger partial charge < -0.3 is 0 Å². The highest BCUT2D eigenvalue weighted by atomic mass is 32.7. The van der Waals surface area contributed by atoms with Crippen LogP contribution < -0.4 is 4.52 Å². The van der Waals surface area contributed by atoms with Crippen molar-refractivity contribution in [1.82, 2.24) is 0 Å². The van der Waals surface area contributed by atoms with Crippen molar-refractivity contribution >= 4 is 18.6 Å². The van der Waals surface area contributed by atoms with Crippen LogP contribution in [0.2, 0.25) is 0 Å². The third-order valence-corrected chi connectivity index (χ3v) is 3.62. The van der Waals surface area contributed by atoms with Crippen LogP contribution in [0.15, 0.2) is 30.3 Å². The summed E-state index contributed by atoms with van der Waals surface area (Å²) in [5.74, 6) is 1.47. The molecular weight excluding hydrogens is 191 g/mol. The first-order valence-electron chi connectivity index (χ1n) is 3.66. The van der Waals surface area contributed by atoms with Crippen molar-refractivity contribution in [1.29, 1.82) is 0 Å². The van der Waals surface area contributed by atoms with Crippen molar-refractivity contribution in [3.05, 3.63) is 30.3 Å². The van der Waals surface area contributed by atoms with Crippen molar-refractivity contribution in [2.24, 2.45) is 0 Å². The molecule has 4 heteroatoms. The number of para-hydroxylation sites is 1. The van der Waals surface area contributed by atoms with Crippen LogP contribution in [0.4, 0.5) is 0 Å². The van der Waals surface area contributed by atoms with E-state index in [4.69, 9.17) is 4.52 Å². The van der Waals surface area contributed by atoms with Gasteiger partial charge in [0.15, 0.2) is 17.1 Å². The predicted molar refractivity (Wildman–Crippen MR) is 52.8 cm³/mol. The van der Waals surface area contributed by atoms with Crippen LogP contribution in [0.1, 0.15) is 6.92 Å². The Morgan fingerprint density at radius 3 is 2.67 bits per heavy atom. The quantitative estimate of drug-likeness (QED) is 0.697. The summed E-state index contributed by atoms with van der Waals surface area (Å²) in [7, 11) is -1.59. The van der Waals surface area contributed by atoms with Crippen LogP contribution in [0, 0.1) is 0 Å². The molecule has 2 nitrogen and oxygen atoms in total. The zero-order valence-corrected chi connectivity index (χ0v) is 8.48. The number of hydrogen-bond donors (Lipinski definition) is 0. The Morgan fingerprint density at radius 2 is 2.08 bits per heavy atom. The molecule has 0 aliphatic carbocycles. The smallest absolute Gasteiger partial charge is 0.245 e. The minimum atomic E-state index is -1.59. The van der Waals surface area contributed by atoms with E-state index in [1.165, 1.54) is 11.4 Å². The largest absolute Gasteiger partial charge is 0.634 e. The summed E-state index contributed by atoms with van der Waals surface area (Å²) < 4.78 is 16.2. The highest BCUT2D eigenvalue weighted by Crippen LogP contribution is 2.39. The van der Waals surface area contributed by atoms with Crippen molar-refractivity contribution < 1.29 is 9.09 Å². The van der Waals surface area contributed by atoms with Crippen LogP contribution in [0.5, 0.6) is 5.75 Å². The van der Waals surface area contributed by atoms with Gasteiger partial charge in [-0.2, -0.15) is 0 Å². The van der Waals surface area contributed by atoms with Crippen molar-refractivity contribution in [2.45, 2.75) is 6.92 Å². The summed E-state index contributed by atoms with van der Waals surface area (Å²) in [6.45, 7) is 1.95. The Hall–Kier alpha value is -0.530. The van der Waals surface area contributed by atoms with E-state index in [1.807, 2.05) is 25.1 Å². The van der Waals surface area contributed by atoms with Gasteiger partial charge >= 0.3 is 7.23 Å². The van der Waals surface area contributed by atoms with Gasteiger partial charge in [0, 0.05) is 5.75 Å². The second-order valence-electron chi connectivity index (χ2n) is 2.05. The van der Waals surface area contributed by atoms with E-state index in [1.54, 1.807) is 12.1 Å². The molecule has 0 aliphatic rings. The van der Waals surface area contributed by atoms with Gasteiger partial charge in [-0.1, -0.05) is 25.1 Å². The maximum atomic E-state index is 11.1. The molecule has 0 spiro atoms. The molecule has 0 amide bonds. The average Bonchev–Trinajstić information content (AvgIpc) is 2.06. The molecule has 0 N–H and O–H groups in total. The highest BCUT2D eigenvalue weighted by Gasteiger charge is 2.19. The Kier molecular flexibility index (Phi) is 4.12. The molecule has 1 aromatic rings. The van der Waals surface area contributed by atoms with Gasteiger partial charge in [0.1, 0.15) is 0 Å². The molecule has 0 fully saturated rings. The molecule has 1 unspecified atom stereocenters. The Balaban J connectivity index is 2.47. The lowest BCUT2D eigenvalue weighted by molar-refractivity contribution is 0.520. The lowest BCUT2D eigenvalue weighted by Crippen LogP contribution is -1.77. The van der Waals surface area contributed by atoms with E-state index in [2.05, 4.69) is 0 Å². The van der Waals surface area contributed by atoms with Gasteiger partial charge in [-0.25, -0.2) is 4.52 Å². The minimum Gasteiger partial charge on any atom is -0.245 e. The number of rotatable bonds is 4. The fourth-order valence-corrected chi connectivity index (χ4v) is 2.31. The SMILES string of the molecule is CCS[P+](=O)Oc1ccccc1. The molecule has 1 atom stereocenters. The molecule has 1 aromatic carbocycles. The van der Waals surface area contributed by atoms with Crippen LogP contribution in [0.3, 0.4) is 0 Å². The summed E-state index contributed by atoms with van der Waals surface area (Å²) in [6, 6.07) is 9.20. The fourth-order valence-electron chi connectivity index (χ4n) is 0.699. The van der Waals surface area contributed by atoms with E-state index in [-0.39, 0.29) is 0 Å². The average molecular weight is 201 g/mol. The molecule has 0 bridgehead atoms. The molecule has 0 heterocycles. The molecule has 1 rings (SSSR count). The topological polar surface area (TPSA) is 26.3 Å². The zero-order chi connectivity index (χ0) is 8.81. The molecular formula is C8H10O2PS+. The summed E-state index contributed by atoms with van der Waals surface area (Å²) in [4.78, 5) is 0. The lowest BCUT2D eigenvalue weighted by atomic mass is 10.3. The van der Waals surface area contributed by atoms with E-state index in [9.17, 15) is 4.57 Å². The van der Waals surface area contributed by atoms with E-state index in [0.717, 1.165) is 5.75 Å². The zero-order valence-electron chi connectivity index (χ0n) is 6.77. The summed E-state index contributed by atoms with van der Waals surface area (Å²) >= 11 is 1.31. The fraction of sp³-hybridized carbons (Fsp3) is 0.250. The molecule has 0 aromatic heterocycles. The number of hydrogen-bond acceptors (Lipinski definition) is 3. The van der Waals surface area contributed by atoms with Gasteiger partial charge in [-0.15, -0.1) is 0 Å². The first kappa shape index (κ1) is 9.56. The maximum absolute atomic E-state index is 11.1. The molecule has 0 radical (unpaired) electrons. The lowest BCUT2D eigenvalue weighted by Gasteiger charge is -1.89. The van der Waals surface area contributed by atoms with Crippen molar-refractivity contribution in [3.8, 4) is 5.75 Å². The van der Waals surface area contributed by atoms with Gasteiger partial charge in [0.2, 0.25) is 0 Å². The Morgan fingerprint density at radius 1 is 1.42 bits per heavy atom. The van der Waals surface area contributed by atoms with E-state index < -0.39 is 7.23 Å². The predicted octanol–water partition coefficient (Wildman–Crippen LogP) is 3.48. The van der Waals surface area contributed by atoms with E-state index >= 15 is 0 Å². The summed E-state index contributed by atoms with van der Waals surface area (Å²) in [6.07, 6.45) is 0. The third-order valence-electron chi connectivity index (χ3n) is 1.16. The monoisotopic (exact) mass is 201 g/mol. The van der Waals surface area contributed by atoms with Crippen molar-refractivity contribution in [2.75, 3.05) is 5.75 Å². The Labute approximate surface area is 76.9 Å². The summed E-state index contributed by atoms with van der Waals surface area (Å²) in [5, 5.41) is 0. The maximum Gasteiger partial charge on any atom is 0.634 e. The molecule has 0 aliphatic heterocycles.